The summed E-state index contributed by atoms with van der Waals surface area (Å²) in [7, 11) is 0. The molecule has 3 heteroatoms. The van der Waals surface area contributed by atoms with Crippen molar-refractivity contribution < 1.29 is 9.53 Å². The molecule has 0 unspecified atom stereocenters. The van der Waals surface area contributed by atoms with Gasteiger partial charge in [-0.3, -0.25) is 4.79 Å². The third-order valence-electron chi connectivity index (χ3n) is 3.68. The Labute approximate surface area is 152 Å². The van der Waals surface area contributed by atoms with Crippen molar-refractivity contribution in [3.05, 3.63) is 107 Å². The van der Waals surface area contributed by atoms with E-state index in [1.165, 1.54) is 0 Å². The molecule has 0 aliphatic carbocycles. The van der Waals surface area contributed by atoms with Gasteiger partial charge in [0.25, 0.3) is 0 Å². The van der Waals surface area contributed by atoms with Crippen LogP contribution in [0.1, 0.15) is 21.5 Å². The fourth-order valence-electron chi connectivity index (χ4n) is 2.30. The predicted molar refractivity (Wildman–Crippen MR) is 102 cm³/mol. The van der Waals surface area contributed by atoms with Gasteiger partial charge in [-0.1, -0.05) is 60.1 Å². The highest BCUT2D eigenvalue weighted by molar-refractivity contribution is 6.30. The van der Waals surface area contributed by atoms with Crippen LogP contribution >= 0.6 is 11.6 Å². The van der Waals surface area contributed by atoms with E-state index >= 15 is 0 Å². The standard InChI is InChI=1S/C22H17ClO2/c23-20-11-6-17(7-12-20)8-15-22(24)19-9-13-21(14-10-19)25-16-18-4-2-1-3-5-18/h1-15H,16H2/b15-8+. The first-order valence-corrected chi connectivity index (χ1v) is 8.33. The van der Waals surface area contributed by atoms with Crippen LogP contribution in [-0.2, 0) is 6.61 Å². The van der Waals surface area contributed by atoms with Gasteiger partial charge in [-0.25, -0.2) is 0 Å². The number of ketones is 1. The second-order valence-corrected chi connectivity index (χ2v) is 5.98. The van der Waals surface area contributed by atoms with E-state index in [2.05, 4.69) is 0 Å². The molecule has 0 heterocycles. The molecule has 3 aromatic rings. The van der Waals surface area contributed by atoms with Gasteiger partial charge in [0.1, 0.15) is 12.4 Å². The Morgan fingerprint density at radius 1 is 0.880 bits per heavy atom. The van der Waals surface area contributed by atoms with E-state index in [1.54, 1.807) is 36.4 Å². The Bertz CT molecular complexity index is 851. The minimum absolute atomic E-state index is 0.0513. The zero-order valence-corrected chi connectivity index (χ0v) is 14.3. The first-order valence-electron chi connectivity index (χ1n) is 7.95. The normalized spacial score (nSPS) is 10.8. The lowest BCUT2D eigenvalue weighted by Crippen LogP contribution is -1.97. The number of carbonyl (C=O) groups is 1. The summed E-state index contributed by atoms with van der Waals surface area (Å²) < 4.78 is 5.73. The van der Waals surface area contributed by atoms with Gasteiger partial charge in [0.2, 0.25) is 0 Å². The Hall–Kier alpha value is -2.84. The van der Waals surface area contributed by atoms with Crippen LogP contribution in [0.25, 0.3) is 6.08 Å². The summed E-state index contributed by atoms with van der Waals surface area (Å²) in [5.41, 5.74) is 2.66. The summed E-state index contributed by atoms with van der Waals surface area (Å²) in [6, 6.07) is 24.5. The van der Waals surface area contributed by atoms with E-state index in [9.17, 15) is 4.79 Å². The average Bonchev–Trinajstić information content (AvgIpc) is 2.67. The summed E-state index contributed by atoms with van der Waals surface area (Å²) >= 11 is 5.85. The largest absolute Gasteiger partial charge is 0.489 e. The van der Waals surface area contributed by atoms with Crippen molar-refractivity contribution in [1.82, 2.24) is 0 Å². The highest BCUT2D eigenvalue weighted by Gasteiger charge is 2.03. The Morgan fingerprint density at radius 2 is 1.56 bits per heavy atom. The summed E-state index contributed by atoms with van der Waals surface area (Å²) in [5, 5.41) is 0.676. The van der Waals surface area contributed by atoms with Gasteiger partial charge in [-0.15, -0.1) is 0 Å². The number of carbonyl (C=O) groups excluding carboxylic acids is 1. The second-order valence-electron chi connectivity index (χ2n) is 5.55. The van der Waals surface area contributed by atoms with Crippen LogP contribution in [0.5, 0.6) is 5.75 Å². The number of allylic oxidation sites excluding steroid dienone is 1. The number of hydrogen-bond donors (Lipinski definition) is 0. The first kappa shape index (κ1) is 17.0. The van der Waals surface area contributed by atoms with Crippen molar-refractivity contribution in [3.63, 3.8) is 0 Å². The monoisotopic (exact) mass is 348 g/mol. The fourth-order valence-corrected chi connectivity index (χ4v) is 2.42. The zero-order chi connectivity index (χ0) is 17.5. The molecule has 0 atom stereocenters. The van der Waals surface area contributed by atoms with Crippen LogP contribution < -0.4 is 4.74 Å². The molecule has 0 amide bonds. The molecular formula is C22H17ClO2. The number of ether oxygens (including phenoxy) is 1. The average molecular weight is 349 g/mol. The van der Waals surface area contributed by atoms with Crippen molar-refractivity contribution in [2.45, 2.75) is 6.61 Å². The number of hydrogen-bond acceptors (Lipinski definition) is 2. The molecule has 0 spiro atoms. The maximum Gasteiger partial charge on any atom is 0.185 e. The van der Waals surface area contributed by atoms with Gasteiger partial charge in [0, 0.05) is 10.6 Å². The summed E-state index contributed by atoms with van der Waals surface area (Å²) in [6.45, 7) is 0.505. The fraction of sp³-hybridized carbons (Fsp3) is 0.0455. The van der Waals surface area contributed by atoms with Crippen LogP contribution in [0.15, 0.2) is 84.9 Å². The minimum atomic E-state index is -0.0513. The highest BCUT2D eigenvalue weighted by Crippen LogP contribution is 2.16. The van der Waals surface area contributed by atoms with Crippen molar-refractivity contribution >= 4 is 23.5 Å². The molecule has 124 valence electrons. The molecule has 0 fully saturated rings. The topological polar surface area (TPSA) is 26.3 Å². The van der Waals surface area contributed by atoms with E-state index in [0.717, 1.165) is 16.9 Å². The molecule has 0 aliphatic heterocycles. The molecule has 0 aromatic heterocycles. The lowest BCUT2D eigenvalue weighted by Gasteiger charge is -2.06. The maximum atomic E-state index is 12.2. The number of halogens is 1. The second kappa shape index (κ2) is 8.32. The zero-order valence-electron chi connectivity index (χ0n) is 13.6. The van der Waals surface area contributed by atoms with Gasteiger partial charge >= 0.3 is 0 Å². The number of benzene rings is 3. The Balaban J connectivity index is 1.59. The smallest absolute Gasteiger partial charge is 0.185 e. The van der Waals surface area contributed by atoms with Crippen molar-refractivity contribution in [2.24, 2.45) is 0 Å². The van der Waals surface area contributed by atoms with E-state index in [4.69, 9.17) is 16.3 Å². The lowest BCUT2D eigenvalue weighted by atomic mass is 10.1. The molecule has 25 heavy (non-hydrogen) atoms. The quantitative estimate of drug-likeness (QED) is 0.414. The minimum Gasteiger partial charge on any atom is -0.489 e. The summed E-state index contributed by atoms with van der Waals surface area (Å²) in [6.07, 6.45) is 3.33. The van der Waals surface area contributed by atoms with E-state index in [0.29, 0.717) is 17.2 Å². The van der Waals surface area contributed by atoms with Gasteiger partial charge in [0.05, 0.1) is 0 Å². The Kier molecular flexibility index (Phi) is 5.65. The van der Waals surface area contributed by atoms with Gasteiger partial charge in [-0.05, 0) is 53.6 Å². The van der Waals surface area contributed by atoms with E-state index in [1.807, 2.05) is 54.6 Å². The van der Waals surface area contributed by atoms with E-state index < -0.39 is 0 Å². The lowest BCUT2D eigenvalue weighted by molar-refractivity contribution is 0.104. The van der Waals surface area contributed by atoms with Crippen LogP contribution in [0.3, 0.4) is 0 Å². The molecule has 0 saturated carbocycles. The van der Waals surface area contributed by atoms with Crippen LogP contribution in [0.4, 0.5) is 0 Å². The molecule has 0 radical (unpaired) electrons. The molecular weight excluding hydrogens is 332 g/mol. The van der Waals surface area contributed by atoms with Crippen LogP contribution in [0, 0.1) is 0 Å². The molecule has 0 saturated heterocycles. The first-order chi connectivity index (χ1) is 12.2. The molecule has 3 aromatic carbocycles. The third kappa shape index (κ3) is 5.07. The molecule has 2 nitrogen and oxygen atoms in total. The SMILES string of the molecule is O=C(/C=C/c1ccc(Cl)cc1)c1ccc(OCc2ccccc2)cc1. The highest BCUT2D eigenvalue weighted by atomic mass is 35.5. The van der Waals surface area contributed by atoms with Crippen molar-refractivity contribution in [1.29, 1.82) is 0 Å². The molecule has 0 N–H and O–H groups in total. The third-order valence-corrected chi connectivity index (χ3v) is 3.94. The van der Waals surface area contributed by atoms with Gasteiger partial charge < -0.3 is 4.74 Å². The molecule has 3 rings (SSSR count). The molecule has 0 bridgehead atoms. The van der Waals surface area contributed by atoms with Gasteiger partial charge in [-0.2, -0.15) is 0 Å². The summed E-state index contributed by atoms with van der Waals surface area (Å²) in [5.74, 6) is 0.687. The van der Waals surface area contributed by atoms with Crippen molar-refractivity contribution in [2.75, 3.05) is 0 Å². The molecule has 0 aliphatic rings. The predicted octanol–water partition coefficient (Wildman–Crippen LogP) is 5.82. The van der Waals surface area contributed by atoms with E-state index in [-0.39, 0.29) is 5.78 Å². The van der Waals surface area contributed by atoms with Crippen molar-refractivity contribution in [3.8, 4) is 5.75 Å². The summed E-state index contributed by atoms with van der Waals surface area (Å²) in [4.78, 5) is 12.2. The van der Waals surface area contributed by atoms with Gasteiger partial charge in [0.15, 0.2) is 5.78 Å². The number of rotatable bonds is 6. The van der Waals surface area contributed by atoms with Crippen LogP contribution in [0.2, 0.25) is 5.02 Å². The Morgan fingerprint density at radius 3 is 2.24 bits per heavy atom. The van der Waals surface area contributed by atoms with Crippen LogP contribution in [-0.4, -0.2) is 5.78 Å². The maximum absolute atomic E-state index is 12.2.